The first kappa shape index (κ1) is 10.3. The number of nitrogens with two attached hydrogens (primary N) is 1. The van der Waals surface area contributed by atoms with Gasteiger partial charge in [0.2, 0.25) is 0 Å². The maximum absolute atomic E-state index is 9.44. The van der Waals surface area contributed by atoms with Crippen molar-refractivity contribution < 1.29 is 5.11 Å². The van der Waals surface area contributed by atoms with E-state index in [9.17, 15) is 5.11 Å². The van der Waals surface area contributed by atoms with Gasteiger partial charge in [0.1, 0.15) is 5.75 Å². The average Bonchev–Trinajstić information content (AvgIpc) is 2.09. The second kappa shape index (κ2) is 4.44. The minimum absolute atomic E-state index is 0.156. The number of aromatic hydroxyl groups is 1. The standard InChI is InChI=1S/C9H9IN2O/c10-6-1-2-9(13)7(5-6)8(12)3-4-11/h1-2,5,8,13H,3,12H2/t8-/m1/s1. The number of phenolic OH excluding ortho intramolecular Hbond substituents is 1. The molecule has 0 aromatic heterocycles. The molecule has 3 nitrogen and oxygen atoms in total. The SMILES string of the molecule is N#CC[C@@H](N)c1cc(I)ccc1O. The Morgan fingerprint density at radius 2 is 2.31 bits per heavy atom. The minimum Gasteiger partial charge on any atom is -0.508 e. The average molecular weight is 288 g/mol. The molecule has 1 atom stereocenters. The smallest absolute Gasteiger partial charge is 0.120 e. The first-order valence-electron chi connectivity index (χ1n) is 3.76. The largest absolute Gasteiger partial charge is 0.508 e. The zero-order valence-electron chi connectivity index (χ0n) is 6.87. The highest BCUT2D eigenvalue weighted by Crippen LogP contribution is 2.26. The van der Waals surface area contributed by atoms with Gasteiger partial charge in [-0.25, -0.2) is 0 Å². The van der Waals surface area contributed by atoms with Gasteiger partial charge in [0, 0.05) is 15.2 Å². The summed E-state index contributed by atoms with van der Waals surface area (Å²) >= 11 is 2.13. The lowest BCUT2D eigenvalue weighted by molar-refractivity contribution is 0.462. The quantitative estimate of drug-likeness (QED) is 0.817. The topological polar surface area (TPSA) is 70.0 Å². The molecule has 1 aromatic rings. The fourth-order valence-corrected chi connectivity index (χ4v) is 1.55. The van der Waals surface area contributed by atoms with E-state index in [2.05, 4.69) is 22.6 Å². The fourth-order valence-electron chi connectivity index (χ4n) is 1.03. The molecule has 0 heterocycles. The summed E-state index contributed by atoms with van der Waals surface area (Å²) in [6.07, 6.45) is 0.216. The lowest BCUT2D eigenvalue weighted by Gasteiger charge is -2.10. The van der Waals surface area contributed by atoms with Gasteiger partial charge in [0.25, 0.3) is 0 Å². The molecule has 0 radical (unpaired) electrons. The Morgan fingerprint density at radius 3 is 2.92 bits per heavy atom. The Labute approximate surface area is 90.3 Å². The van der Waals surface area contributed by atoms with Crippen molar-refractivity contribution in [1.82, 2.24) is 0 Å². The number of nitrogens with zero attached hydrogens (tertiary/aromatic N) is 1. The third kappa shape index (κ3) is 2.57. The fraction of sp³-hybridized carbons (Fsp3) is 0.222. The number of rotatable bonds is 2. The van der Waals surface area contributed by atoms with Crippen molar-refractivity contribution >= 4 is 22.6 Å². The molecule has 0 saturated heterocycles. The zero-order chi connectivity index (χ0) is 9.84. The number of benzene rings is 1. The van der Waals surface area contributed by atoms with Crippen LogP contribution in [0.5, 0.6) is 5.75 Å². The highest BCUT2D eigenvalue weighted by Gasteiger charge is 2.10. The predicted octanol–water partition coefficient (Wildman–Crippen LogP) is 1.91. The summed E-state index contributed by atoms with van der Waals surface area (Å²) < 4.78 is 0.999. The zero-order valence-corrected chi connectivity index (χ0v) is 9.02. The number of halogens is 1. The Morgan fingerprint density at radius 1 is 1.62 bits per heavy atom. The van der Waals surface area contributed by atoms with Crippen molar-refractivity contribution in [3.05, 3.63) is 27.3 Å². The van der Waals surface area contributed by atoms with Crippen LogP contribution in [-0.2, 0) is 0 Å². The van der Waals surface area contributed by atoms with Gasteiger partial charge in [-0.1, -0.05) is 0 Å². The first-order valence-corrected chi connectivity index (χ1v) is 4.84. The molecule has 3 N–H and O–H groups in total. The summed E-state index contributed by atoms with van der Waals surface area (Å²) in [5.74, 6) is 0.156. The van der Waals surface area contributed by atoms with Crippen LogP contribution in [0.1, 0.15) is 18.0 Å². The maximum Gasteiger partial charge on any atom is 0.120 e. The number of phenols is 1. The van der Waals surface area contributed by atoms with E-state index >= 15 is 0 Å². The summed E-state index contributed by atoms with van der Waals surface area (Å²) in [6.45, 7) is 0. The Hall–Kier alpha value is -0.800. The van der Waals surface area contributed by atoms with Crippen LogP contribution in [0.3, 0.4) is 0 Å². The van der Waals surface area contributed by atoms with Crippen LogP contribution in [0.25, 0.3) is 0 Å². The van der Waals surface area contributed by atoms with Crippen LogP contribution >= 0.6 is 22.6 Å². The number of nitriles is 1. The van der Waals surface area contributed by atoms with E-state index in [1.807, 2.05) is 6.07 Å². The van der Waals surface area contributed by atoms with E-state index in [0.29, 0.717) is 5.56 Å². The molecule has 68 valence electrons. The normalized spacial score (nSPS) is 12.1. The van der Waals surface area contributed by atoms with Gasteiger partial charge in [-0.15, -0.1) is 0 Å². The van der Waals surface area contributed by atoms with Crippen molar-refractivity contribution in [3.63, 3.8) is 0 Å². The van der Waals surface area contributed by atoms with Crippen LogP contribution in [0.15, 0.2) is 18.2 Å². The Balaban J connectivity index is 3.00. The third-order valence-electron chi connectivity index (χ3n) is 1.70. The second-order valence-corrected chi connectivity index (χ2v) is 3.92. The molecule has 0 aliphatic heterocycles. The van der Waals surface area contributed by atoms with Gasteiger partial charge in [0.15, 0.2) is 0 Å². The molecule has 13 heavy (non-hydrogen) atoms. The predicted molar refractivity (Wildman–Crippen MR) is 58.0 cm³/mol. The van der Waals surface area contributed by atoms with Crippen molar-refractivity contribution in [2.24, 2.45) is 5.73 Å². The van der Waals surface area contributed by atoms with E-state index in [4.69, 9.17) is 11.0 Å². The first-order chi connectivity index (χ1) is 6.15. The van der Waals surface area contributed by atoms with E-state index < -0.39 is 6.04 Å². The van der Waals surface area contributed by atoms with Gasteiger partial charge in [-0.3, -0.25) is 0 Å². The minimum atomic E-state index is -0.403. The van der Waals surface area contributed by atoms with E-state index in [0.717, 1.165) is 3.57 Å². The molecular formula is C9H9IN2O. The molecule has 0 spiro atoms. The van der Waals surface area contributed by atoms with E-state index in [1.165, 1.54) is 0 Å². The van der Waals surface area contributed by atoms with Gasteiger partial charge < -0.3 is 10.8 Å². The summed E-state index contributed by atoms with van der Waals surface area (Å²) in [6, 6.07) is 6.74. The number of hydrogen-bond donors (Lipinski definition) is 2. The summed E-state index contributed by atoms with van der Waals surface area (Å²) in [5.41, 5.74) is 6.32. The highest BCUT2D eigenvalue weighted by atomic mass is 127. The Kier molecular flexibility index (Phi) is 3.51. The monoisotopic (exact) mass is 288 g/mol. The van der Waals surface area contributed by atoms with E-state index in [1.54, 1.807) is 18.2 Å². The van der Waals surface area contributed by atoms with Crippen molar-refractivity contribution in [1.29, 1.82) is 5.26 Å². The molecule has 0 aliphatic rings. The molecular weight excluding hydrogens is 279 g/mol. The molecule has 0 aliphatic carbocycles. The maximum atomic E-state index is 9.44. The molecule has 1 aromatic carbocycles. The van der Waals surface area contributed by atoms with Gasteiger partial charge >= 0.3 is 0 Å². The summed E-state index contributed by atoms with van der Waals surface area (Å²) in [5, 5.41) is 17.9. The van der Waals surface area contributed by atoms with Gasteiger partial charge in [-0.05, 0) is 40.8 Å². The molecule has 0 amide bonds. The van der Waals surface area contributed by atoms with Crippen LogP contribution in [0.4, 0.5) is 0 Å². The highest BCUT2D eigenvalue weighted by molar-refractivity contribution is 14.1. The van der Waals surface area contributed by atoms with Crippen molar-refractivity contribution in [2.45, 2.75) is 12.5 Å². The molecule has 0 bridgehead atoms. The molecule has 1 rings (SSSR count). The van der Waals surface area contributed by atoms with Gasteiger partial charge in [0.05, 0.1) is 12.5 Å². The summed E-state index contributed by atoms with van der Waals surface area (Å²) in [4.78, 5) is 0. The molecule has 0 saturated carbocycles. The van der Waals surface area contributed by atoms with Crippen LogP contribution in [0.2, 0.25) is 0 Å². The van der Waals surface area contributed by atoms with Crippen molar-refractivity contribution in [2.75, 3.05) is 0 Å². The second-order valence-electron chi connectivity index (χ2n) is 2.67. The van der Waals surface area contributed by atoms with E-state index in [-0.39, 0.29) is 12.2 Å². The van der Waals surface area contributed by atoms with Crippen LogP contribution in [0, 0.1) is 14.9 Å². The van der Waals surface area contributed by atoms with Crippen LogP contribution in [-0.4, -0.2) is 5.11 Å². The lowest BCUT2D eigenvalue weighted by atomic mass is 10.0. The third-order valence-corrected chi connectivity index (χ3v) is 2.37. The Bertz CT molecular complexity index is 346. The number of hydrogen-bond acceptors (Lipinski definition) is 3. The van der Waals surface area contributed by atoms with Gasteiger partial charge in [-0.2, -0.15) is 5.26 Å². The van der Waals surface area contributed by atoms with Crippen LogP contribution < -0.4 is 5.73 Å². The lowest BCUT2D eigenvalue weighted by Crippen LogP contribution is -2.09. The summed E-state index contributed by atoms with van der Waals surface area (Å²) in [7, 11) is 0. The van der Waals surface area contributed by atoms with Crippen molar-refractivity contribution in [3.8, 4) is 11.8 Å². The molecule has 0 unspecified atom stereocenters. The molecule has 4 heteroatoms. The molecule has 0 fully saturated rings.